The number of nitrogens with two attached hydrogens (primary N) is 1. The maximum atomic E-state index is 11.7. The second-order valence-electron chi connectivity index (χ2n) is 5.57. The highest BCUT2D eigenvalue weighted by atomic mass is 16.5. The molecule has 6 heteroatoms. The quantitative estimate of drug-likeness (QED) is 0.612. The summed E-state index contributed by atoms with van der Waals surface area (Å²) in [6.07, 6.45) is 3.37. The Morgan fingerprint density at radius 1 is 0.923 bits per heavy atom. The maximum absolute atomic E-state index is 11.7. The predicted octanol–water partition coefficient (Wildman–Crippen LogP) is 3.58. The molecule has 0 saturated carbocycles. The summed E-state index contributed by atoms with van der Waals surface area (Å²) in [5.74, 6) is 0.624. The Hall–Kier alpha value is -3.80. The number of nitrogens with zero attached hydrogens (tertiary/aromatic N) is 3. The Labute approximate surface area is 149 Å². The van der Waals surface area contributed by atoms with Gasteiger partial charge in [-0.15, -0.1) is 0 Å². The molecule has 0 bridgehead atoms. The molecule has 0 spiro atoms. The van der Waals surface area contributed by atoms with Gasteiger partial charge in [-0.25, -0.2) is 4.98 Å². The Kier molecular flexibility index (Phi) is 3.99. The van der Waals surface area contributed by atoms with Crippen LogP contribution in [0, 0.1) is 0 Å². The normalized spacial score (nSPS) is 10.6. The molecule has 0 unspecified atom stereocenters. The Morgan fingerprint density at radius 2 is 1.73 bits per heavy atom. The number of hydrogen-bond acceptors (Lipinski definition) is 5. The number of benzene rings is 2. The van der Waals surface area contributed by atoms with Crippen molar-refractivity contribution in [1.82, 2.24) is 15.0 Å². The van der Waals surface area contributed by atoms with Crippen molar-refractivity contribution in [1.29, 1.82) is 0 Å². The smallest absolute Gasteiger partial charge is 0.252 e. The van der Waals surface area contributed by atoms with E-state index in [2.05, 4.69) is 15.0 Å². The zero-order chi connectivity index (χ0) is 17.9. The fourth-order valence-electron chi connectivity index (χ4n) is 2.61. The van der Waals surface area contributed by atoms with E-state index < -0.39 is 5.91 Å². The molecule has 0 radical (unpaired) electrons. The molecule has 2 aromatic heterocycles. The molecule has 4 aromatic rings. The Bertz CT molecular complexity index is 1100. The first-order chi connectivity index (χ1) is 12.7. The molecular weight excluding hydrogens is 328 g/mol. The minimum Gasteiger partial charge on any atom is -0.437 e. The van der Waals surface area contributed by atoms with Crippen LogP contribution < -0.4 is 10.5 Å². The van der Waals surface area contributed by atoms with Crippen LogP contribution in [0.3, 0.4) is 0 Å². The molecule has 0 aliphatic heterocycles. The van der Waals surface area contributed by atoms with Crippen LogP contribution in [0.25, 0.3) is 22.3 Å². The third-order valence-electron chi connectivity index (χ3n) is 3.85. The van der Waals surface area contributed by atoms with Gasteiger partial charge in [-0.05, 0) is 36.4 Å². The van der Waals surface area contributed by atoms with E-state index in [1.807, 2.05) is 36.4 Å². The van der Waals surface area contributed by atoms with E-state index in [1.54, 1.807) is 36.7 Å². The third-order valence-corrected chi connectivity index (χ3v) is 3.85. The molecule has 0 aliphatic rings. The zero-order valence-corrected chi connectivity index (χ0v) is 13.7. The number of ether oxygens (including phenoxy) is 1. The summed E-state index contributed by atoms with van der Waals surface area (Å²) >= 11 is 0. The lowest BCUT2D eigenvalue weighted by Crippen LogP contribution is -2.12. The highest BCUT2D eigenvalue weighted by molar-refractivity contribution is 5.96. The van der Waals surface area contributed by atoms with Crippen molar-refractivity contribution in [3.8, 4) is 23.0 Å². The van der Waals surface area contributed by atoms with Crippen LogP contribution in [0.2, 0.25) is 0 Å². The number of rotatable bonds is 4. The van der Waals surface area contributed by atoms with Gasteiger partial charge in [0.25, 0.3) is 5.91 Å². The maximum Gasteiger partial charge on any atom is 0.252 e. The van der Waals surface area contributed by atoms with Crippen LogP contribution in [-0.4, -0.2) is 20.9 Å². The van der Waals surface area contributed by atoms with Gasteiger partial charge in [0.05, 0.1) is 16.5 Å². The van der Waals surface area contributed by atoms with Gasteiger partial charge < -0.3 is 10.5 Å². The molecule has 126 valence electrons. The molecule has 6 nitrogen and oxygen atoms in total. The molecule has 2 aromatic carbocycles. The molecule has 4 rings (SSSR count). The van der Waals surface area contributed by atoms with Crippen molar-refractivity contribution >= 4 is 16.8 Å². The average Bonchev–Trinajstić information content (AvgIpc) is 2.69. The Morgan fingerprint density at radius 3 is 2.54 bits per heavy atom. The average molecular weight is 342 g/mol. The van der Waals surface area contributed by atoms with Gasteiger partial charge in [-0.3, -0.25) is 9.78 Å². The van der Waals surface area contributed by atoms with Crippen molar-refractivity contribution in [3.63, 3.8) is 0 Å². The molecule has 0 aliphatic carbocycles. The van der Waals surface area contributed by atoms with Crippen LogP contribution in [-0.2, 0) is 0 Å². The summed E-state index contributed by atoms with van der Waals surface area (Å²) in [5, 5.41) is 0.736. The summed E-state index contributed by atoms with van der Waals surface area (Å²) in [7, 11) is 0. The lowest BCUT2D eigenvalue weighted by atomic mass is 10.2. The third kappa shape index (κ3) is 2.95. The number of aromatic nitrogens is 3. The van der Waals surface area contributed by atoms with Gasteiger partial charge in [0.15, 0.2) is 5.82 Å². The van der Waals surface area contributed by atoms with E-state index in [9.17, 15) is 4.79 Å². The number of pyridine rings is 1. The Balaban J connectivity index is 1.88. The van der Waals surface area contributed by atoms with Crippen molar-refractivity contribution in [2.24, 2.45) is 5.73 Å². The number of carbonyl (C=O) groups excluding carboxylic acids is 1. The molecule has 2 heterocycles. The lowest BCUT2D eigenvalue weighted by Gasteiger charge is -2.11. The number of primary amides is 1. The van der Waals surface area contributed by atoms with Crippen LogP contribution in [0.5, 0.6) is 11.6 Å². The molecule has 2 N–H and O–H groups in total. The number of carbonyl (C=O) groups is 1. The van der Waals surface area contributed by atoms with Crippen LogP contribution >= 0.6 is 0 Å². The van der Waals surface area contributed by atoms with Gasteiger partial charge in [-0.1, -0.05) is 24.3 Å². The highest BCUT2D eigenvalue weighted by Gasteiger charge is 2.14. The molecule has 26 heavy (non-hydrogen) atoms. The number of para-hydroxylation sites is 2. The first kappa shape index (κ1) is 15.7. The van der Waals surface area contributed by atoms with Gasteiger partial charge in [-0.2, -0.15) is 4.98 Å². The predicted molar refractivity (Wildman–Crippen MR) is 97.8 cm³/mol. The fourth-order valence-corrected chi connectivity index (χ4v) is 2.61. The lowest BCUT2D eigenvalue weighted by molar-refractivity contribution is 0.0998. The standard InChI is InChI=1S/C20H14N4O2/c21-18(25)15-8-2-4-10-17(15)26-20-14-7-1-3-9-16(14)23-19(24-20)13-6-5-11-22-12-13/h1-12H,(H2,21,25). The van der Waals surface area contributed by atoms with Gasteiger partial charge in [0, 0.05) is 18.0 Å². The molecular formula is C20H14N4O2. The first-order valence-corrected chi connectivity index (χ1v) is 7.96. The molecule has 0 saturated heterocycles. The number of hydrogen-bond donors (Lipinski definition) is 1. The molecule has 1 amide bonds. The second-order valence-corrected chi connectivity index (χ2v) is 5.57. The van der Waals surface area contributed by atoms with Crippen LogP contribution in [0.1, 0.15) is 10.4 Å². The fraction of sp³-hybridized carbons (Fsp3) is 0. The minimum absolute atomic E-state index is 0.290. The van der Waals surface area contributed by atoms with Crippen molar-refractivity contribution in [2.75, 3.05) is 0 Å². The summed E-state index contributed by atoms with van der Waals surface area (Å²) in [6, 6.07) is 18.0. The summed E-state index contributed by atoms with van der Waals surface area (Å²) in [5.41, 5.74) is 7.23. The number of fused-ring (bicyclic) bond motifs is 1. The monoisotopic (exact) mass is 342 g/mol. The largest absolute Gasteiger partial charge is 0.437 e. The van der Waals surface area contributed by atoms with Crippen molar-refractivity contribution in [2.45, 2.75) is 0 Å². The summed E-state index contributed by atoms with van der Waals surface area (Å²) in [4.78, 5) is 24.9. The summed E-state index contributed by atoms with van der Waals surface area (Å²) in [6.45, 7) is 0. The second kappa shape index (κ2) is 6.60. The number of amides is 1. The first-order valence-electron chi connectivity index (χ1n) is 7.96. The van der Waals surface area contributed by atoms with Crippen molar-refractivity contribution in [3.05, 3.63) is 78.6 Å². The van der Waals surface area contributed by atoms with Crippen LogP contribution in [0.4, 0.5) is 0 Å². The zero-order valence-electron chi connectivity index (χ0n) is 13.7. The van der Waals surface area contributed by atoms with E-state index in [0.717, 1.165) is 16.5 Å². The summed E-state index contributed by atoms with van der Waals surface area (Å²) < 4.78 is 5.97. The van der Waals surface area contributed by atoms with E-state index in [-0.39, 0.29) is 5.56 Å². The van der Waals surface area contributed by atoms with Crippen molar-refractivity contribution < 1.29 is 9.53 Å². The topological polar surface area (TPSA) is 91.0 Å². The highest BCUT2D eigenvalue weighted by Crippen LogP contribution is 2.31. The van der Waals surface area contributed by atoms with Gasteiger partial charge >= 0.3 is 0 Å². The van der Waals surface area contributed by atoms with E-state index >= 15 is 0 Å². The van der Waals surface area contributed by atoms with Gasteiger partial charge in [0.1, 0.15) is 5.75 Å². The minimum atomic E-state index is -0.563. The van der Waals surface area contributed by atoms with Crippen LogP contribution in [0.15, 0.2) is 73.1 Å². The van der Waals surface area contributed by atoms with E-state index in [0.29, 0.717) is 17.5 Å². The van der Waals surface area contributed by atoms with E-state index in [1.165, 1.54) is 0 Å². The SMILES string of the molecule is NC(=O)c1ccccc1Oc1nc(-c2cccnc2)nc2ccccc12. The molecule has 0 atom stereocenters. The van der Waals surface area contributed by atoms with Gasteiger partial charge in [0.2, 0.25) is 5.88 Å². The molecule has 0 fully saturated rings. The van der Waals surface area contributed by atoms with E-state index in [4.69, 9.17) is 10.5 Å².